The molecule has 0 aliphatic heterocycles. The summed E-state index contributed by atoms with van der Waals surface area (Å²) in [6.45, 7) is 5.18. The number of pyridine rings is 1. The highest BCUT2D eigenvalue weighted by molar-refractivity contribution is 5.98. The number of aromatic nitrogens is 1. The number of Topliss-reactive ketones (excluding diaryl/α,β-unsaturated/α-hetero) is 1. The first-order valence-electron chi connectivity index (χ1n) is 7.60. The van der Waals surface area contributed by atoms with Crippen LogP contribution in [-0.2, 0) is 6.42 Å². The molecule has 0 unspecified atom stereocenters. The Balaban J connectivity index is 2.52. The van der Waals surface area contributed by atoms with Crippen LogP contribution in [-0.4, -0.2) is 17.1 Å². The summed E-state index contributed by atoms with van der Waals surface area (Å²) >= 11 is 0. The number of nitrogens with zero attached hydrogens (tertiary/aromatic N) is 1. The van der Waals surface area contributed by atoms with Crippen molar-refractivity contribution in [3.63, 3.8) is 0 Å². The van der Waals surface area contributed by atoms with Gasteiger partial charge in [0.05, 0.1) is 0 Å². The number of rotatable bonds is 5. The summed E-state index contributed by atoms with van der Waals surface area (Å²) in [4.78, 5) is 16.0. The van der Waals surface area contributed by atoms with Gasteiger partial charge in [-0.2, -0.15) is 0 Å². The Hall–Kier alpha value is -2.37. The Morgan fingerprint density at radius 1 is 1.21 bits per heavy atom. The Kier molecular flexibility index (Phi) is 5.26. The zero-order valence-electron chi connectivity index (χ0n) is 13.6. The lowest BCUT2D eigenvalue weighted by molar-refractivity contribution is -0.274. The average molecular weight is 337 g/mol. The van der Waals surface area contributed by atoms with Crippen LogP contribution in [0.4, 0.5) is 13.2 Å². The van der Waals surface area contributed by atoms with Crippen LogP contribution in [0.25, 0.3) is 11.1 Å². The maximum atomic E-state index is 12.7. The van der Waals surface area contributed by atoms with Gasteiger partial charge in [-0.3, -0.25) is 4.79 Å². The van der Waals surface area contributed by atoms with E-state index in [0.29, 0.717) is 5.56 Å². The molecule has 0 bridgehead atoms. The minimum atomic E-state index is -4.89. The highest BCUT2D eigenvalue weighted by Crippen LogP contribution is 2.31. The Labute approximate surface area is 138 Å². The summed E-state index contributed by atoms with van der Waals surface area (Å²) < 4.78 is 42.1. The fourth-order valence-electron chi connectivity index (χ4n) is 2.23. The van der Waals surface area contributed by atoms with Crippen molar-refractivity contribution >= 4 is 5.78 Å². The quantitative estimate of drug-likeness (QED) is 0.717. The number of ketones is 1. The summed E-state index contributed by atoms with van der Waals surface area (Å²) in [5.74, 6) is -1.55. The molecular formula is C18H18F3NO2. The highest BCUT2D eigenvalue weighted by Gasteiger charge is 2.34. The van der Waals surface area contributed by atoms with E-state index in [1.165, 1.54) is 12.3 Å². The monoisotopic (exact) mass is 337 g/mol. The van der Waals surface area contributed by atoms with Crippen LogP contribution in [0.15, 0.2) is 36.5 Å². The van der Waals surface area contributed by atoms with E-state index in [0.717, 1.165) is 17.5 Å². The molecule has 0 spiro atoms. The third kappa shape index (κ3) is 4.34. The van der Waals surface area contributed by atoms with Gasteiger partial charge in [-0.05, 0) is 23.6 Å². The van der Waals surface area contributed by atoms with Gasteiger partial charge in [0.1, 0.15) is 5.69 Å². The van der Waals surface area contributed by atoms with Gasteiger partial charge in [0.15, 0.2) is 11.5 Å². The van der Waals surface area contributed by atoms with Crippen molar-refractivity contribution in [1.29, 1.82) is 0 Å². The van der Waals surface area contributed by atoms with Crippen LogP contribution in [0.3, 0.4) is 0 Å². The molecule has 6 heteroatoms. The number of benzene rings is 1. The zero-order chi connectivity index (χ0) is 17.9. The second-order valence-corrected chi connectivity index (χ2v) is 5.69. The Morgan fingerprint density at radius 3 is 2.50 bits per heavy atom. The zero-order valence-corrected chi connectivity index (χ0v) is 13.6. The van der Waals surface area contributed by atoms with E-state index in [-0.39, 0.29) is 5.69 Å². The molecule has 0 saturated heterocycles. The fourth-order valence-corrected chi connectivity index (χ4v) is 2.23. The van der Waals surface area contributed by atoms with Crippen molar-refractivity contribution in [3.8, 4) is 16.9 Å². The van der Waals surface area contributed by atoms with Crippen molar-refractivity contribution in [2.45, 2.75) is 33.6 Å². The van der Waals surface area contributed by atoms with Crippen LogP contribution in [0.1, 0.15) is 36.8 Å². The first-order valence-corrected chi connectivity index (χ1v) is 7.60. The van der Waals surface area contributed by atoms with E-state index < -0.39 is 23.8 Å². The smallest absolute Gasteiger partial charge is 0.403 e. The lowest BCUT2D eigenvalue weighted by Gasteiger charge is -2.14. The third-order valence-corrected chi connectivity index (χ3v) is 3.50. The maximum absolute atomic E-state index is 12.7. The molecule has 2 aromatic rings. The van der Waals surface area contributed by atoms with Crippen molar-refractivity contribution in [2.24, 2.45) is 5.92 Å². The minimum Gasteiger partial charge on any atom is -0.403 e. The molecule has 0 saturated carbocycles. The van der Waals surface area contributed by atoms with Crippen LogP contribution < -0.4 is 4.74 Å². The molecule has 0 fully saturated rings. The van der Waals surface area contributed by atoms with Crippen LogP contribution in [0.5, 0.6) is 5.75 Å². The SMILES string of the molecule is CCc1cccc(-c2cnc(C(=O)C(C)C)c(OC(F)(F)F)c2)c1. The Bertz CT molecular complexity index is 739. The Morgan fingerprint density at radius 2 is 1.92 bits per heavy atom. The molecule has 1 aromatic carbocycles. The minimum absolute atomic E-state index is 0.308. The molecule has 2 rings (SSSR count). The van der Waals surface area contributed by atoms with Crippen molar-refractivity contribution < 1.29 is 22.7 Å². The van der Waals surface area contributed by atoms with Gasteiger partial charge >= 0.3 is 6.36 Å². The number of carbonyl (C=O) groups is 1. The van der Waals surface area contributed by atoms with E-state index in [1.54, 1.807) is 19.9 Å². The van der Waals surface area contributed by atoms with Gasteiger partial charge < -0.3 is 4.74 Å². The number of hydrogen-bond acceptors (Lipinski definition) is 3. The molecular weight excluding hydrogens is 319 g/mol. The number of carbonyl (C=O) groups excluding carboxylic acids is 1. The molecule has 1 aromatic heterocycles. The molecule has 0 N–H and O–H groups in total. The molecule has 0 amide bonds. The molecule has 128 valence electrons. The number of alkyl halides is 3. The number of hydrogen-bond donors (Lipinski definition) is 0. The lowest BCUT2D eigenvalue weighted by Crippen LogP contribution is -2.21. The van der Waals surface area contributed by atoms with E-state index >= 15 is 0 Å². The van der Waals surface area contributed by atoms with Crippen LogP contribution in [0.2, 0.25) is 0 Å². The van der Waals surface area contributed by atoms with Gasteiger partial charge in [-0.25, -0.2) is 4.98 Å². The average Bonchev–Trinajstić information content (AvgIpc) is 2.52. The van der Waals surface area contributed by atoms with Crippen LogP contribution >= 0.6 is 0 Å². The summed E-state index contributed by atoms with van der Waals surface area (Å²) in [7, 11) is 0. The summed E-state index contributed by atoms with van der Waals surface area (Å²) in [5.41, 5.74) is 1.92. The molecule has 0 aliphatic rings. The van der Waals surface area contributed by atoms with Crippen molar-refractivity contribution in [1.82, 2.24) is 4.98 Å². The van der Waals surface area contributed by atoms with E-state index in [9.17, 15) is 18.0 Å². The normalized spacial score (nSPS) is 11.6. The summed E-state index contributed by atoms with van der Waals surface area (Å²) in [5, 5.41) is 0. The van der Waals surface area contributed by atoms with Gasteiger partial charge in [0.2, 0.25) is 0 Å². The highest BCUT2D eigenvalue weighted by atomic mass is 19.4. The van der Waals surface area contributed by atoms with E-state index in [1.807, 2.05) is 25.1 Å². The third-order valence-electron chi connectivity index (χ3n) is 3.50. The van der Waals surface area contributed by atoms with E-state index in [2.05, 4.69) is 9.72 Å². The summed E-state index contributed by atoms with van der Waals surface area (Å²) in [6.07, 6.45) is -2.69. The molecule has 3 nitrogen and oxygen atoms in total. The largest absolute Gasteiger partial charge is 0.573 e. The topological polar surface area (TPSA) is 39.2 Å². The second-order valence-electron chi connectivity index (χ2n) is 5.69. The van der Waals surface area contributed by atoms with Crippen LogP contribution in [0, 0.1) is 5.92 Å². The number of aryl methyl sites for hydroxylation is 1. The lowest BCUT2D eigenvalue weighted by atomic mass is 10.0. The number of halogens is 3. The van der Waals surface area contributed by atoms with Gasteiger partial charge in [-0.15, -0.1) is 13.2 Å². The number of ether oxygens (including phenoxy) is 1. The van der Waals surface area contributed by atoms with Crippen molar-refractivity contribution in [3.05, 3.63) is 47.8 Å². The van der Waals surface area contributed by atoms with Gasteiger partial charge in [0.25, 0.3) is 0 Å². The first-order chi connectivity index (χ1) is 11.2. The second kappa shape index (κ2) is 7.03. The molecule has 0 radical (unpaired) electrons. The van der Waals surface area contributed by atoms with Crippen molar-refractivity contribution in [2.75, 3.05) is 0 Å². The standard InChI is InChI=1S/C18H18F3NO2/c1-4-12-6-5-7-13(8-12)14-9-15(24-18(19,20)21)16(22-10-14)17(23)11(2)3/h5-11H,4H2,1-3H3. The molecule has 0 atom stereocenters. The summed E-state index contributed by atoms with van der Waals surface area (Å²) in [6, 6.07) is 8.62. The molecule has 1 heterocycles. The van der Waals surface area contributed by atoms with Gasteiger partial charge in [0, 0.05) is 17.7 Å². The van der Waals surface area contributed by atoms with Gasteiger partial charge in [-0.1, -0.05) is 45.0 Å². The fraction of sp³-hybridized carbons (Fsp3) is 0.333. The molecule has 0 aliphatic carbocycles. The first kappa shape index (κ1) is 18.0. The predicted molar refractivity (Wildman–Crippen MR) is 84.9 cm³/mol. The predicted octanol–water partition coefficient (Wildman–Crippen LogP) is 5.05. The maximum Gasteiger partial charge on any atom is 0.573 e. The molecule has 24 heavy (non-hydrogen) atoms. The van der Waals surface area contributed by atoms with E-state index in [4.69, 9.17) is 0 Å².